The lowest BCUT2D eigenvalue weighted by Crippen LogP contribution is -2.54. The minimum absolute atomic E-state index is 0.0496. The van der Waals surface area contributed by atoms with Gasteiger partial charge in [-0.15, -0.1) is 0 Å². The summed E-state index contributed by atoms with van der Waals surface area (Å²) in [5.74, 6) is 0.300. The van der Waals surface area contributed by atoms with Crippen LogP contribution in [0.25, 0.3) is 0 Å². The Morgan fingerprint density at radius 2 is 1.57 bits per heavy atom. The first-order chi connectivity index (χ1) is 14.6. The van der Waals surface area contributed by atoms with Gasteiger partial charge < -0.3 is 4.90 Å². The number of rotatable bonds is 4. The van der Waals surface area contributed by atoms with E-state index >= 15 is 0 Å². The van der Waals surface area contributed by atoms with Crippen LogP contribution in [0.5, 0.6) is 0 Å². The van der Waals surface area contributed by atoms with Crippen molar-refractivity contribution in [2.45, 2.75) is 51.1 Å². The monoisotopic (exact) mass is 403 g/mol. The van der Waals surface area contributed by atoms with E-state index in [1.807, 2.05) is 0 Å². The first-order valence-electron chi connectivity index (χ1n) is 11.5. The molecule has 30 heavy (non-hydrogen) atoms. The maximum absolute atomic E-state index is 13.5. The summed E-state index contributed by atoms with van der Waals surface area (Å²) >= 11 is 0. The van der Waals surface area contributed by atoms with Crippen LogP contribution in [0.3, 0.4) is 0 Å². The van der Waals surface area contributed by atoms with Gasteiger partial charge in [0.2, 0.25) is 5.91 Å². The van der Waals surface area contributed by atoms with Crippen molar-refractivity contribution in [3.05, 3.63) is 65.2 Å². The number of para-hydroxylation sites is 1. The predicted molar refractivity (Wildman–Crippen MR) is 122 cm³/mol. The summed E-state index contributed by atoms with van der Waals surface area (Å²) in [7, 11) is 0. The van der Waals surface area contributed by atoms with Crippen LogP contribution in [0.1, 0.15) is 42.4 Å². The molecule has 158 valence electrons. The minimum atomic E-state index is 0.0496. The van der Waals surface area contributed by atoms with E-state index in [9.17, 15) is 4.79 Å². The third-order valence-corrected chi connectivity index (χ3v) is 7.36. The van der Waals surface area contributed by atoms with Crippen molar-refractivity contribution in [3.63, 3.8) is 0 Å². The van der Waals surface area contributed by atoms with Crippen molar-refractivity contribution in [3.8, 4) is 0 Å². The Morgan fingerprint density at radius 3 is 2.30 bits per heavy atom. The fourth-order valence-corrected chi connectivity index (χ4v) is 5.72. The van der Waals surface area contributed by atoms with Crippen LogP contribution < -0.4 is 4.90 Å². The van der Waals surface area contributed by atoms with Gasteiger partial charge in [-0.3, -0.25) is 14.6 Å². The smallest absolute Gasteiger partial charge is 0.241 e. The van der Waals surface area contributed by atoms with Gasteiger partial charge in [-0.2, -0.15) is 0 Å². The molecule has 2 fully saturated rings. The molecule has 1 amide bonds. The molecule has 2 aromatic rings. The van der Waals surface area contributed by atoms with Crippen molar-refractivity contribution in [2.75, 3.05) is 37.6 Å². The van der Waals surface area contributed by atoms with Crippen LogP contribution in [0, 0.1) is 6.92 Å². The Hall–Kier alpha value is -2.17. The average molecular weight is 404 g/mol. The molecule has 0 atom stereocenters. The van der Waals surface area contributed by atoms with E-state index in [-0.39, 0.29) is 5.54 Å². The van der Waals surface area contributed by atoms with Crippen LogP contribution in [0.2, 0.25) is 0 Å². The zero-order valence-electron chi connectivity index (χ0n) is 18.1. The molecule has 5 rings (SSSR count). The topological polar surface area (TPSA) is 26.8 Å². The molecule has 1 spiro atoms. The van der Waals surface area contributed by atoms with Crippen LogP contribution in [-0.2, 0) is 17.8 Å². The molecule has 1 saturated heterocycles. The number of piperazine rings is 1. The van der Waals surface area contributed by atoms with E-state index in [2.05, 4.69) is 70.2 Å². The summed E-state index contributed by atoms with van der Waals surface area (Å²) in [6.07, 6.45) is 5.83. The number of anilines is 1. The van der Waals surface area contributed by atoms with Crippen molar-refractivity contribution in [1.29, 1.82) is 0 Å². The quantitative estimate of drug-likeness (QED) is 0.772. The molecule has 2 aromatic carbocycles. The number of benzene rings is 2. The Labute approximate surface area is 180 Å². The molecule has 0 N–H and O–H groups in total. The second-order valence-electron chi connectivity index (χ2n) is 9.50. The first-order valence-corrected chi connectivity index (χ1v) is 11.5. The molecule has 1 saturated carbocycles. The van der Waals surface area contributed by atoms with Crippen molar-refractivity contribution < 1.29 is 4.79 Å². The number of nitrogens with zero attached hydrogens (tertiary/aromatic N) is 3. The SMILES string of the molecule is Cc1ccc(CN2CCN(CC(=O)N3c4ccccc4CC34CCCC4)CC2)cc1. The fraction of sp³-hybridized carbons (Fsp3) is 0.500. The highest BCUT2D eigenvalue weighted by Crippen LogP contribution is 2.47. The summed E-state index contributed by atoms with van der Waals surface area (Å²) in [6.45, 7) is 7.69. The molecular formula is C26H33N3O. The number of carbonyl (C=O) groups is 1. The molecule has 4 heteroatoms. The van der Waals surface area contributed by atoms with Gasteiger partial charge in [-0.05, 0) is 43.4 Å². The van der Waals surface area contributed by atoms with E-state index in [0.29, 0.717) is 12.5 Å². The molecule has 1 aliphatic carbocycles. The maximum atomic E-state index is 13.5. The maximum Gasteiger partial charge on any atom is 0.241 e. The highest BCUT2D eigenvalue weighted by Gasteiger charge is 2.48. The standard InChI is InChI=1S/C26H33N3O/c1-21-8-10-22(11-9-21)19-27-14-16-28(17-15-27)20-25(30)29-24-7-3-2-6-23(24)18-26(29)12-4-5-13-26/h2-3,6-11H,4-5,12-20H2,1H3. The zero-order chi connectivity index (χ0) is 20.6. The van der Waals surface area contributed by atoms with Crippen LogP contribution in [0.4, 0.5) is 5.69 Å². The normalized spacial score (nSPS) is 21.3. The number of amides is 1. The number of hydrogen-bond donors (Lipinski definition) is 0. The largest absolute Gasteiger partial charge is 0.305 e. The summed E-state index contributed by atoms with van der Waals surface area (Å²) < 4.78 is 0. The number of carbonyl (C=O) groups excluding carboxylic acids is 1. The van der Waals surface area contributed by atoms with E-state index in [4.69, 9.17) is 0 Å². The van der Waals surface area contributed by atoms with Crippen molar-refractivity contribution in [1.82, 2.24) is 9.80 Å². The molecule has 0 unspecified atom stereocenters. The summed E-state index contributed by atoms with van der Waals surface area (Å²) in [5.41, 5.74) is 5.26. The van der Waals surface area contributed by atoms with Gasteiger partial charge in [0, 0.05) is 38.4 Å². The third-order valence-electron chi connectivity index (χ3n) is 7.36. The predicted octanol–water partition coefficient (Wildman–Crippen LogP) is 4.01. The van der Waals surface area contributed by atoms with Gasteiger partial charge in [-0.25, -0.2) is 0 Å². The van der Waals surface area contributed by atoms with E-state index in [0.717, 1.165) is 52.0 Å². The van der Waals surface area contributed by atoms with Crippen molar-refractivity contribution in [2.24, 2.45) is 0 Å². The molecule has 0 radical (unpaired) electrons. The van der Waals surface area contributed by atoms with Crippen LogP contribution >= 0.6 is 0 Å². The lowest BCUT2D eigenvalue weighted by molar-refractivity contribution is -0.121. The van der Waals surface area contributed by atoms with Crippen LogP contribution in [-0.4, -0.2) is 54.0 Å². The van der Waals surface area contributed by atoms with Crippen LogP contribution in [0.15, 0.2) is 48.5 Å². The third kappa shape index (κ3) is 3.79. The van der Waals surface area contributed by atoms with Gasteiger partial charge in [0.25, 0.3) is 0 Å². The molecule has 3 aliphatic rings. The van der Waals surface area contributed by atoms with Gasteiger partial charge in [0.1, 0.15) is 0 Å². The second kappa shape index (κ2) is 8.16. The Morgan fingerprint density at radius 1 is 0.900 bits per heavy atom. The zero-order valence-corrected chi connectivity index (χ0v) is 18.1. The van der Waals surface area contributed by atoms with Gasteiger partial charge in [-0.1, -0.05) is 60.9 Å². The fourth-order valence-electron chi connectivity index (χ4n) is 5.72. The lowest BCUT2D eigenvalue weighted by atomic mass is 9.92. The van der Waals surface area contributed by atoms with E-state index < -0.39 is 0 Å². The Bertz CT molecular complexity index is 893. The summed E-state index contributed by atoms with van der Waals surface area (Å²) in [5, 5.41) is 0. The summed E-state index contributed by atoms with van der Waals surface area (Å²) in [4.78, 5) is 20.6. The van der Waals surface area contributed by atoms with E-state index in [1.54, 1.807) is 0 Å². The Kier molecular flexibility index (Phi) is 5.38. The molecule has 2 aliphatic heterocycles. The van der Waals surface area contributed by atoms with E-state index in [1.165, 1.54) is 35.2 Å². The molecule has 0 aromatic heterocycles. The van der Waals surface area contributed by atoms with Gasteiger partial charge >= 0.3 is 0 Å². The number of hydrogen-bond acceptors (Lipinski definition) is 3. The number of aryl methyl sites for hydroxylation is 1. The average Bonchev–Trinajstić information content (AvgIpc) is 3.35. The second-order valence-corrected chi connectivity index (χ2v) is 9.50. The molecule has 2 heterocycles. The molecular weight excluding hydrogens is 370 g/mol. The van der Waals surface area contributed by atoms with Gasteiger partial charge in [0.15, 0.2) is 0 Å². The number of fused-ring (bicyclic) bond motifs is 1. The minimum Gasteiger partial charge on any atom is -0.305 e. The van der Waals surface area contributed by atoms with Gasteiger partial charge in [0.05, 0.1) is 12.1 Å². The molecule has 4 nitrogen and oxygen atoms in total. The summed E-state index contributed by atoms with van der Waals surface area (Å²) in [6, 6.07) is 17.4. The highest BCUT2D eigenvalue weighted by atomic mass is 16.2. The lowest BCUT2D eigenvalue weighted by Gasteiger charge is -2.39. The first kappa shape index (κ1) is 19.8. The highest BCUT2D eigenvalue weighted by molar-refractivity contribution is 5.98. The molecule has 0 bridgehead atoms. The van der Waals surface area contributed by atoms with Crippen molar-refractivity contribution >= 4 is 11.6 Å². The Balaban J connectivity index is 1.21.